The number of nitrogens with zero attached hydrogens (tertiary/aromatic N) is 1. The molecule has 0 radical (unpaired) electrons. The zero-order valence-corrected chi connectivity index (χ0v) is 18.6. The highest BCUT2D eigenvalue weighted by atomic mass is 16.5. The molecule has 0 spiro atoms. The number of rotatable bonds is 10. The standard InChI is InChI=1S/C24H32N2O5/c1-28-20-15-19(16-21(29-2)23(20)30-3)24(27)25-11-7-8-12-26-13-14-31-22(17-26)18-9-5-4-6-10-18/h4-6,9-10,15-16,22H,7-8,11-14,17H2,1-3H3,(H,25,27). The van der Waals surface area contributed by atoms with Crippen LogP contribution in [0.1, 0.15) is 34.9 Å². The van der Waals surface area contributed by atoms with Crippen molar-refractivity contribution >= 4 is 5.91 Å². The molecule has 7 nitrogen and oxygen atoms in total. The van der Waals surface area contributed by atoms with E-state index in [9.17, 15) is 4.79 Å². The van der Waals surface area contributed by atoms with Crippen LogP contribution in [0.4, 0.5) is 0 Å². The topological polar surface area (TPSA) is 69.3 Å². The zero-order valence-electron chi connectivity index (χ0n) is 18.6. The number of morpholine rings is 1. The fourth-order valence-corrected chi connectivity index (χ4v) is 3.75. The van der Waals surface area contributed by atoms with Gasteiger partial charge in [0.25, 0.3) is 5.91 Å². The molecule has 0 bridgehead atoms. The molecule has 1 unspecified atom stereocenters. The van der Waals surface area contributed by atoms with Crippen molar-refractivity contribution in [1.29, 1.82) is 0 Å². The molecular formula is C24H32N2O5. The van der Waals surface area contributed by atoms with Gasteiger partial charge in [0.1, 0.15) is 0 Å². The SMILES string of the molecule is COc1cc(C(=O)NCCCCN2CCOC(c3ccccc3)C2)cc(OC)c1OC. The zero-order chi connectivity index (χ0) is 22.1. The molecule has 1 amide bonds. The number of benzene rings is 2. The molecule has 7 heteroatoms. The Morgan fingerprint density at radius 2 is 1.77 bits per heavy atom. The first-order valence-corrected chi connectivity index (χ1v) is 10.6. The Morgan fingerprint density at radius 3 is 2.42 bits per heavy atom. The highest BCUT2D eigenvalue weighted by molar-refractivity contribution is 5.95. The average molecular weight is 429 g/mol. The van der Waals surface area contributed by atoms with Gasteiger partial charge in [0.15, 0.2) is 11.5 Å². The van der Waals surface area contributed by atoms with Crippen molar-refractivity contribution in [2.75, 3.05) is 54.1 Å². The van der Waals surface area contributed by atoms with Gasteiger partial charge in [-0.3, -0.25) is 9.69 Å². The van der Waals surface area contributed by atoms with Crippen LogP contribution in [0.3, 0.4) is 0 Å². The van der Waals surface area contributed by atoms with E-state index >= 15 is 0 Å². The van der Waals surface area contributed by atoms with Crippen molar-refractivity contribution in [2.24, 2.45) is 0 Å². The average Bonchev–Trinajstić information content (AvgIpc) is 2.83. The quantitative estimate of drug-likeness (QED) is 0.586. The lowest BCUT2D eigenvalue weighted by Gasteiger charge is -2.33. The number of amides is 1. The maximum Gasteiger partial charge on any atom is 0.251 e. The highest BCUT2D eigenvalue weighted by Gasteiger charge is 2.21. The molecule has 31 heavy (non-hydrogen) atoms. The Hall–Kier alpha value is -2.77. The van der Waals surface area contributed by atoms with Gasteiger partial charge in [-0.15, -0.1) is 0 Å². The minimum Gasteiger partial charge on any atom is -0.493 e. The second kappa shape index (κ2) is 11.6. The van der Waals surface area contributed by atoms with E-state index in [1.165, 1.54) is 26.9 Å². The van der Waals surface area contributed by atoms with E-state index in [0.29, 0.717) is 29.4 Å². The first kappa shape index (κ1) is 22.9. The number of hydrogen-bond donors (Lipinski definition) is 1. The van der Waals surface area contributed by atoms with E-state index in [2.05, 4.69) is 22.3 Å². The number of nitrogens with one attached hydrogen (secondary N) is 1. The summed E-state index contributed by atoms with van der Waals surface area (Å²) in [7, 11) is 4.61. The molecule has 0 saturated carbocycles. The fourth-order valence-electron chi connectivity index (χ4n) is 3.75. The van der Waals surface area contributed by atoms with Gasteiger partial charge in [0.05, 0.1) is 34.0 Å². The van der Waals surface area contributed by atoms with Gasteiger partial charge < -0.3 is 24.3 Å². The summed E-state index contributed by atoms with van der Waals surface area (Å²) >= 11 is 0. The molecule has 1 atom stereocenters. The third-order valence-corrected chi connectivity index (χ3v) is 5.44. The molecule has 1 fully saturated rings. The van der Waals surface area contributed by atoms with Crippen molar-refractivity contribution in [3.8, 4) is 17.2 Å². The summed E-state index contributed by atoms with van der Waals surface area (Å²) in [5, 5.41) is 2.98. The maximum atomic E-state index is 12.6. The maximum absolute atomic E-state index is 12.6. The molecule has 1 N–H and O–H groups in total. The molecule has 1 heterocycles. The Bertz CT molecular complexity index is 818. The Balaban J connectivity index is 1.43. The number of carbonyl (C=O) groups is 1. The smallest absolute Gasteiger partial charge is 0.251 e. The number of methoxy groups -OCH3 is 3. The van der Waals surface area contributed by atoms with Gasteiger partial charge in [-0.2, -0.15) is 0 Å². The normalized spacial score (nSPS) is 16.5. The monoisotopic (exact) mass is 428 g/mol. The van der Waals surface area contributed by atoms with E-state index in [4.69, 9.17) is 18.9 Å². The lowest BCUT2D eigenvalue weighted by atomic mass is 10.1. The van der Waals surface area contributed by atoms with Crippen molar-refractivity contribution < 1.29 is 23.7 Å². The van der Waals surface area contributed by atoms with Crippen LogP contribution in [0.2, 0.25) is 0 Å². The lowest BCUT2D eigenvalue weighted by molar-refractivity contribution is -0.0303. The lowest BCUT2D eigenvalue weighted by Crippen LogP contribution is -2.39. The number of carbonyl (C=O) groups excluding carboxylic acids is 1. The summed E-state index contributed by atoms with van der Waals surface area (Å²) in [4.78, 5) is 15.0. The number of hydrogen-bond acceptors (Lipinski definition) is 6. The fraction of sp³-hybridized carbons (Fsp3) is 0.458. The van der Waals surface area contributed by atoms with Crippen LogP contribution in [-0.4, -0.2) is 64.9 Å². The molecule has 1 aliphatic heterocycles. The largest absolute Gasteiger partial charge is 0.493 e. The molecule has 168 valence electrons. The predicted molar refractivity (Wildman–Crippen MR) is 119 cm³/mol. The van der Waals surface area contributed by atoms with E-state index < -0.39 is 0 Å². The molecule has 0 aromatic heterocycles. The van der Waals surface area contributed by atoms with Crippen LogP contribution in [0.5, 0.6) is 17.2 Å². The second-order valence-corrected chi connectivity index (χ2v) is 7.45. The molecule has 2 aromatic carbocycles. The van der Waals surface area contributed by atoms with Crippen molar-refractivity contribution in [2.45, 2.75) is 18.9 Å². The second-order valence-electron chi connectivity index (χ2n) is 7.45. The Morgan fingerprint density at radius 1 is 1.06 bits per heavy atom. The van der Waals surface area contributed by atoms with Gasteiger partial charge >= 0.3 is 0 Å². The van der Waals surface area contributed by atoms with Gasteiger partial charge in [-0.25, -0.2) is 0 Å². The Labute approximate surface area is 184 Å². The molecule has 3 rings (SSSR count). The van der Waals surface area contributed by atoms with E-state index in [1.807, 2.05) is 18.2 Å². The van der Waals surface area contributed by atoms with E-state index in [-0.39, 0.29) is 12.0 Å². The third-order valence-electron chi connectivity index (χ3n) is 5.44. The summed E-state index contributed by atoms with van der Waals surface area (Å²) in [6.45, 7) is 4.20. The van der Waals surface area contributed by atoms with Crippen molar-refractivity contribution in [3.63, 3.8) is 0 Å². The molecular weight excluding hydrogens is 396 g/mol. The minimum absolute atomic E-state index is 0.134. The van der Waals surface area contributed by atoms with Crippen LogP contribution in [0.15, 0.2) is 42.5 Å². The molecule has 1 saturated heterocycles. The van der Waals surface area contributed by atoms with Gasteiger partial charge in [0.2, 0.25) is 5.75 Å². The van der Waals surface area contributed by atoms with E-state index in [1.54, 1.807) is 12.1 Å². The number of unbranched alkanes of at least 4 members (excludes halogenated alkanes) is 1. The highest BCUT2D eigenvalue weighted by Crippen LogP contribution is 2.38. The first-order valence-electron chi connectivity index (χ1n) is 10.6. The van der Waals surface area contributed by atoms with Crippen LogP contribution >= 0.6 is 0 Å². The van der Waals surface area contributed by atoms with Gasteiger partial charge in [-0.1, -0.05) is 30.3 Å². The molecule has 0 aliphatic carbocycles. The summed E-state index contributed by atoms with van der Waals surface area (Å²) in [6, 6.07) is 13.7. The van der Waals surface area contributed by atoms with E-state index in [0.717, 1.165) is 39.1 Å². The third kappa shape index (κ3) is 6.12. The van der Waals surface area contributed by atoms with Crippen LogP contribution < -0.4 is 19.5 Å². The summed E-state index contributed by atoms with van der Waals surface area (Å²) in [5.74, 6) is 1.25. The van der Waals surface area contributed by atoms with Crippen molar-refractivity contribution in [3.05, 3.63) is 53.6 Å². The first-order chi connectivity index (χ1) is 15.2. The number of ether oxygens (including phenoxy) is 4. The summed E-state index contributed by atoms with van der Waals surface area (Å²) in [5.41, 5.74) is 1.71. The van der Waals surface area contributed by atoms with Gasteiger partial charge in [0, 0.05) is 25.2 Å². The predicted octanol–water partition coefficient (Wildman–Crippen LogP) is 3.30. The Kier molecular flexibility index (Phi) is 8.55. The van der Waals surface area contributed by atoms with Crippen LogP contribution in [0, 0.1) is 0 Å². The minimum atomic E-state index is -0.158. The van der Waals surface area contributed by atoms with Crippen LogP contribution in [-0.2, 0) is 4.74 Å². The van der Waals surface area contributed by atoms with Crippen LogP contribution in [0.25, 0.3) is 0 Å². The summed E-state index contributed by atoms with van der Waals surface area (Å²) < 4.78 is 21.9. The van der Waals surface area contributed by atoms with Crippen molar-refractivity contribution in [1.82, 2.24) is 10.2 Å². The molecule has 1 aliphatic rings. The van der Waals surface area contributed by atoms with Gasteiger partial charge in [-0.05, 0) is 37.1 Å². The molecule has 2 aromatic rings. The summed E-state index contributed by atoms with van der Waals surface area (Å²) in [6.07, 6.45) is 2.05.